The molecule has 0 unspecified atom stereocenters. The summed E-state index contributed by atoms with van der Waals surface area (Å²) in [4.78, 5) is 19.6. The Morgan fingerprint density at radius 2 is 2.44 bits per heavy atom. The number of hydrogen-bond donors (Lipinski definition) is 0. The molecule has 2 aromatic rings. The fourth-order valence-corrected chi connectivity index (χ4v) is 2.09. The maximum Gasteiger partial charge on any atom is 0.357 e. The second-order valence-corrected chi connectivity index (χ2v) is 4.01. The molecule has 5 nitrogen and oxygen atoms in total. The van der Waals surface area contributed by atoms with Crippen LogP contribution in [0.4, 0.5) is 0 Å². The molecule has 2 rings (SSSR count). The molecule has 0 amide bonds. The summed E-state index contributed by atoms with van der Waals surface area (Å²) in [6.45, 7) is 2.13. The van der Waals surface area contributed by atoms with Gasteiger partial charge in [0.2, 0.25) is 0 Å². The average Bonchev–Trinajstić information content (AvgIpc) is 2.86. The van der Waals surface area contributed by atoms with E-state index in [1.807, 2.05) is 11.6 Å². The lowest BCUT2D eigenvalue weighted by molar-refractivity contribution is 0.0520. The first-order valence-electron chi connectivity index (χ1n) is 4.81. The third-order valence-corrected chi connectivity index (χ3v) is 2.89. The van der Waals surface area contributed by atoms with Gasteiger partial charge in [-0.15, -0.1) is 11.3 Å². The number of nitrogens with zero attached hydrogens (tertiary/aromatic N) is 3. The van der Waals surface area contributed by atoms with E-state index in [0.29, 0.717) is 12.3 Å². The van der Waals surface area contributed by atoms with Crippen LogP contribution in [0.3, 0.4) is 0 Å². The van der Waals surface area contributed by atoms with Crippen LogP contribution in [-0.2, 0) is 11.8 Å². The predicted molar refractivity (Wildman–Crippen MR) is 60.3 cm³/mol. The summed E-state index contributed by atoms with van der Waals surface area (Å²) in [5.74, 6) is -0.382. The molecule has 84 valence electrons. The largest absolute Gasteiger partial charge is 0.461 e. The monoisotopic (exact) mass is 237 g/mol. The van der Waals surface area contributed by atoms with Gasteiger partial charge in [0.25, 0.3) is 0 Å². The highest BCUT2D eigenvalue weighted by Crippen LogP contribution is 2.22. The van der Waals surface area contributed by atoms with E-state index >= 15 is 0 Å². The van der Waals surface area contributed by atoms with Gasteiger partial charge in [0, 0.05) is 12.4 Å². The van der Waals surface area contributed by atoms with E-state index in [0.717, 1.165) is 10.7 Å². The Morgan fingerprint density at radius 3 is 3.06 bits per heavy atom. The molecule has 0 spiro atoms. The Labute approximate surface area is 96.7 Å². The number of imidazole rings is 1. The summed E-state index contributed by atoms with van der Waals surface area (Å²) >= 11 is 1.40. The number of carbonyl (C=O) groups excluding carboxylic acids is 1. The molecular formula is C10H11N3O2S. The number of rotatable bonds is 3. The Bertz CT molecular complexity index is 504. The van der Waals surface area contributed by atoms with E-state index in [1.165, 1.54) is 11.3 Å². The first-order valence-corrected chi connectivity index (χ1v) is 5.69. The summed E-state index contributed by atoms with van der Waals surface area (Å²) in [5, 5.41) is 2.46. The van der Waals surface area contributed by atoms with Gasteiger partial charge in [-0.3, -0.25) is 0 Å². The van der Waals surface area contributed by atoms with Crippen LogP contribution in [0.25, 0.3) is 10.7 Å². The molecule has 0 saturated heterocycles. The molecule has 0 saturated carbocycles. The third kappa shape index (κ3) is 1.96. The Balaban J connectivity index is 2.26. The standard InChI is InChI=1S/C10H11N3O2S/c1-3-15-10(14)7-5-16-9(12-7)8-4-11-6-13(8)2/h4-6H,3H2,1-2H3. The van der Waals surface area contributed by atoms with Crippen LogP contribution in [0.1, 0.15) is 17.4 Å². The predicted octanol–water partition coefficient (Wildman–Crippen LogP) is 1.72. The lowest BCUT2D eigenvalue weighted by Gasteiger charge is -1.97. The van der Waals surface area contributed by atoms with Crippen molar-refractivity contribution in [1.29, 1.82) is 0 Å². The van der Waals surface area contributed by atoms with E-state index in [-0.39, 0.29) is 5.97 Å². The van der Waals surface area contributed by atoms with Crippen molar-refractivity contribution in [2.24, 2.45) is 7.05 Å². The van der Waals surface area contributed by atoms with E-state index in [1.54, 1.807) is 24.8 Å². The number of ether oxygens (including phenoxy) is 1. The molecule has 0 atom stereocenters. The van der Waals surface area contributed by atoms with Crippen LogP contribution < -0.4 is 0 Å². The smallest absolute Gasteiger partial charge is 0.357 e. The normalized spacial score (nSPS) is 10.4. The van der Waals surface area contributed by atoms with Gasteiger partial charge in [-0.1, -0.05) is 0 Å². The van der Waals surface area contributed by atoms with Gasteiger partial charge in [-0.2, -0.15) is 0 Å². The van der Waals surface area contributed by atoms with Gasteiger partial charge >= 0.3 is 5.97 Å². The molecule has 0 aliphatic heterocycles. The number of thiazole rings is 1. The van der Waals surface area contributed by atoms with E-state index < -0.39 is 0 Å². The number of aromatic nitrogens is 3. The summed E-state index contributed by atoms with van der Waals surface area (Å²) in [7, 11) is 1.88. The minimum atomic E-state index is -0.382. The maximum atomic E-state index is 11.4. The summed E-state index contributed by atoms with van der Waals surface area (Å²) in [6.07, 6.45) is 3.41. The molecule has 2 aromatic heterocycles. The summed E-state index contributed by atoms with van der Waals surface area (Å²) in [6, 6.07) is 0. The maximum absolute atomic E-state index is 11.4. The van der Waals surface area contributed by atoms with Gasteiger partial charge in [0.15, 0.2) is 5.69 Å². The molecule has 0 bridgehead atoms. The highest BCUT2D eigenvalue weighted by molar-refractivity contribution is 7.13. The van der Waals surface area contributed by atoms with Crippen LogP contribution in [0.5, 0.6) is 0 Å². The summed E-state index contributed by atoms with van der Waals surface area (Å²) < 4.78 is 6.73. The minimum absolute atomic E-state index is 0.350. The van der Waals surface area contributed by atoms with Gasteiger partial charge < -0.3 is 9.30 Å². The van der Waals surface area contributed by atoms with E-state index in [2.05, 4.69) is 9.97 Å². The highest BCUT2D eigenvalue weighted by Gasteiger charge is 2.13. The number of hydrogen-bond acceptors (Lipinski definition) is 5. The Hall–Kier alpha value is -1.69. The van der Waals surface area contributed by atoms with Crippen molar-refractivity contribution in [3.63, 3.8) is 0 Å². The quantitative estimate of drug-likeness (QED) is 0.763. The van der Waals surface area contributed by atoms with Gasteiger partial charge in [0.05, 0.1) is 24.8 Å². The van der Waals surface area contributed by atoms with Crippen molar-refractivity contribution in [3.05, 3.63) is 23.6 Å². The van der Waals surface area contributed by atoms with Crippen molar-refractivity contribution in [1.82, 2.24) is 14.5 Å². The number of esters is 1. The first kappa shape index (κ1) is 10.8. The molecule has 0 aliphatic rings. The summed E-state index contributed by atoms with van der Waals surface area (Å²) in [5.41, 5.74) is 1.24. The molecule has 2 heterocycles. The second-order valence-electron chi connectivity index (χ2n) is 3.15. The van der Waals surface area contributed by atoms with Gasteiger partial charge in [-0.05, 0) is 6.92 Å². The lowest BCUT2D eigenvalue weighted by Crippen LogP contribution is -2.04. The fraction of sp³-hybridized carbons (Fsp3) is 0.300. The van der Waals surface area contributed by atoms with Crippen LogP contribution in [-0.4, -0.2) is 27.1 Å². The fourth-order valence-electron chi connectivity index (χ4n) is 1.25. The van der Waals surface area contributed by atoms with Gasteiger partial charge in [-0.25, -0.2) is 14.8 Å². The molecule has 0 fully saturated rings. The van der Waals surface area contributed by atoms with E-state index in [9.17, 15) is 4.79 Å². The molecule has 0 radical (unpaired) electrons. The molecule has 0 aliphatic carbocycles. The van der Waals surface area contributed by atoms with Crippen molar-refractivity contribution in [2.45, 2.75) is 6.92 Å². The molecular weight excluding hydrogens is 226 g/mol. The van der Waals surface area contributed by atoms with Crippen LogP contribution in [0.15, 0.2) is 17.9 Å². The average molecular weight is 237 g/mol. The van der Waals surface area contributed by atoms with Crippen molar-refractivity contribution in [3.8, 4) is 10.7 Å². The van der Waals surface area contributed by atoms with Crippen LogP contribution in [0.2, 0.25) is 0 Å². The zero-order valence-electron chi connectivity index (χ0n) is 9.01. The number of carbonyl (C=O) groups is 1. The van der Waals surface area contributed by atoms with E-state index in [4.69, 9.17) is 4.74 Å². The van der Waals surface area contributed by atoms with Gasteiger partial charge in [0.1, 0.15) is 5.01 Å². The lowest BCUT2D eigenvalue weighted by atomic mass is 10.4. The third-order valence-electron chi connectivity index (χ3n) is 2.02. The zero-order valence-corrected chi connectivity index (χ0v) is 9.82. The molecule has 0 aromatic carbocycles. The second kappa shape index (κ2) is 4.44. The number of aryl methyl sites for hydroxylation is 1. The topological polar surface area (TPSA) is 57.0 Å². The molecule has 6 heteroatoms. The van der Waals surface area contributed by atoms with Crippen LogP contribution in [0, 0.1) is 0 Å². The minimum Gasteiger partial charge on any atom is -0.461 e. The SMILES string of the molecule is CCOC(=O)c1csc(-c2cncn2C)n1. The molecule has 0 N–H and O–H groups in total. The zero-order chi connectivity index (χ0) is 11.5. The van der Waals surface area contributed by atoms with Crippen molar-refractivity contribution >= 4 is 17.3 Å². The van der Waals surface area contributed by atoms with Crippen LogP contribution >= 0.6 is 11.3 Å². The Morgan fingerprint density at radius 1 is 1.62 bits per heavy atom. The Kier molecular flexibility index (Phi) is 3.00. The first-order chi connectivity index (χ1) is 7.72. The van der Waals surface area contributed by atoms with Crippen molar-refractivity contribution in [2.75, 3.05) is 6.61 Å². The van der Waals surface area contributed by atoms with Crippen molar-refractivity contribution < 1.29 is 9.53 Å². The highest BCUT2D eigenvalue weighted by atomic mass is 32.1. The molecule has 16 heavy (non-hydrogen) atoms.